The quantitative estimate of drug-likeness (QED) is 0.206. The van der Waals surface area contributed by atoms with Crippen LogP contribution in [-0.2, 0) is 0 Å². The van der Waals surface area contributed by atoms with E-state index in [-0.39, 0.29) is 24.0 Å². The Bertz CT molecular complexity index is 487. The minimum atomic E-state index is 0. The van der Waals surface area contributed by atoms with Crippen LogP contribution in [0.3, 0.4) is 0 Å². The summed E-state index contributed by atoms with van der Waals surface area (Å²) >= 11 is 1.86. The van der Waals surface area contributed by atoms with E-state index in [4.69, 9.17) is 4.99 Å². The maximum atomic E-state index is 4.74. The molecule has 1 aromatic carbocycles. The van der Waals surface area contributed by atoms with Gasteiger partial charge < -0.3 is 15.5 Å². The fourth-order valence-corrected chi connectivity index (χ4v) is 3.68. The van der Waals surface area contributed by atoms with Gasteiger partial charge in [-0.3, -0.25) is 4.99 Å². The van der Waals surface area contributed by atoms with Crippen molar-refractivity contribution < 1.29 is 0 Å². The van der Waals surface area contributed by atoms with Gasteiger partial charge in [-0.15, -0.1) is 35.7 Å². The van der Waals surface area contributed by atoms with Crippen molar-refractivity contribution in [3.05, 3.63) is 30.3 Å². The number of piperidine rings is 1. The molecule has 142 valence electrons. The first kappa shape index (κ1) is 22.6. The lowest BCUT2D eigenvalue weighted by atomic mass is 10.0. The average Bonchev–Trinajstić information content (AvgIpc) is 2.60. The molecule has 0 aliphatic carbocycles. The number of likely N-dealkylation sites (tertiary alicyclic amines) is 1. The number of rotatable bonds is 7. The molecular formula is C19H33IN4S. The molecule has 25 heavy (non-hydrogen) atoms. The predicted molar refractivity (Wildman–Crippen MR) is 121 cm³/mol. The average molecular weight is 476 g/mol. The van der Waals surface area contributed by atoms with E-state index in [9.17, 15) is 0 Å². The Labute approximate surface area is 174 Å². The van der Waals surface area contributed by atoms with Gasteiger partial charge in [0.2, 0.25) is 0 Å². The van der Waals surface area contributed by atoms with Gasteiger partial charge in [0, 0.05) is 42.4 Å². The number of thioether (sulfide) groups is 1. The molecule has 0 radical (unpaired) electrons. The van der Waals surface area contributed by atoms with Crippen molar-refractivity contribution in [1.82, 2.24) is 15.5 Å². The first-order chi connectivity index (χ1) is 11.7. The van der Waals surface area contributed by atoms with Gasteiger partial charge >= 0.3 is 0 Å². The smallest absolute Gasteiger partial charge is 0.191 e. The highest BCUT2D eigenvalue weighted by Gasteiger charge is 2.21. The lowest BCUT2D eigenvalue weighted by Gasteiger charge is -2.35. The number of aliphatic imine (C=N–C) groups is 1. The number of benzene rings is 1. The van der Waals surface area contributed by atoms with Crippen LogP contribution in [0.4, 0.5) is 0 Å². The van der Waals surface area contributed by atoms with E-state index in [1.807, 2.05) is 11.8 Å². The van der Waals surface area contributed by atoms with Crippen LogP contribution in [-0.4, -0.2) is 54.9 Å². The first-order valence-electron chi connectivity index (χ1n) is 9.15. The van der Waals surface area contributed by atoms with Crippen molar-refractivity contribution >= 4 is 41.7 Å². The van der Waals surface area contributed by atoms with E-state index in [0.29, 0.717) is 12.1 Å². The maximum absolute atomic E-state index is 4.74. The van der Waals surface area contributed by atoms with E-state index in [0.717, 1.165) is 24.8 Å². The van der Waals surface area contributed by atoms with E-state index in [2.05, 4.69) is 66.6 Å². The van der Waals surface area contributed by atoms with E-state index in [1.54, 1.807) is 0 Å². The molecule has 2 rings (SSSR count). The third-order valence-electron chi connectivity index (χ3n) is 4.32. The zero-order valence-corrected chi connectivity index (χ0v) is 18.8. The van der Waals surface area contributed by atoms with Gasteiger partial charge in [0.05, 0.1) is 6.54 Å². The third kappa shape index (κ3) is 8.64. The highest BCUT2D eigenvalue weighted by molar-refractivity contribution is 14.0. The van der Waals surface area contributed by atoms with Gasteiger partial charge in [-0.05, 0) is 45.7 Å². The van der Waals surface area contributed by atoms with Crippen LogP contribution >= 0.6 is 35.7 Å². The SMILES string of the molecule is CCNC(=NCCSc1ccccc1)NC1CCN(C(C)C)CC1.I. The predicted octanol–water partition coefficient (Wildman–Crippen LogP) is 3.82. The Morgan fingerprint density at radius 2 is 1.92 bits per heavy atom. The van der Waals surface area contributed by atoms with Crippen molar-refractivity contribution in [3.8, 4) is 0 Å². The molecule has 1 aliphatic heterocycles. The first-order valence-corrected chi connectivity index (χ1v) is 10.1. The number of hydrogen-bond donors (Lipinski definition) is 2. The van der Waals surface area contributed by atoms with Gasteiger partial charge in [-0.2, -0.15) is 0 Å². The summed E-state index contributed by atoms with van der Waals surface area (Å²) in [5.74, 6) is 1.97. The second-order valence-electron chi connectivity index (χ2n) is 6.47. The molecule has 6 heteroatoms. The number of nitrogens with one attached hydrogen (secondary N) is 2. The summed E-state index contributed by atoms with van der Waals surface area (Å²) in [5, 5.41) is 7.00. The molecule has 2 N–H and O–H groups in total. The number of guanidine groups is 1. The Morgan fingerprint density at radius 3 is 2.52 bits per heavy atom. The van der Waals surface area contributed by atoms with Gasteiger partial charge in [0.15, 0.2) is 5.96 Å². The molecule has 0 saturated carbocycles. The van der Waals surface area contributed by atoms with Crippen molar-refractivity contribution in [2.24, 2.45) is 4.99 Å². The molecule has 1 fully saturated rings. The molecule has 0 spiro atoms. The molecule has 1 aliphatic rings. The van der Waals surface area contributed by atoms with Crippen LogP contribution in [0.25, 0.3) is 0 Å². The van der Waals surface area contributed by atoms with Crippen molar-refractivity contribution in [3.63, 3.8) is 0 Å². The van der Waals surface area contributed by atoms with E-state index in [1.165, 1.54) is 30.8 Å². The van der Waals surface area contributed by atoms with Crippen LogP contribution in [0, 0.1) is 0 Å². The van der Waals surface area contributed by atoms with Gasteiger partial charge in [-0.1, -0.05) is 18.2 Å². The number of hydrogen-bond acceptors (Lipinski definition) is 3. The van der Waals surface area contributed by atoms with E-state index < -0.39 is 0 Å². The summed E-state index contributed by atoms with van der Waals surface area (Å²) in [6, 6.07) is 11.7. The van der Waals surface area contributed by atoms with Crippen molar-refractivity contribution in [1.29, 1.82) is 0 Å². The fourth-order valence-electron chi connectivity index (χ4n) is 2.91. The molecule has 1 heterocycles. The van der Waals surface area contributed by atoms with Crippen molar-refractivity contribution in [2.75, 3.05) is 31.9 Å². The summed E-state index contributed by atoms with van der Waals surface area (Å²) in [4.78, 5) is 8.60. The Kier molecular flexibility index (Phi) is 11.6. The highest BCUT2D eigenvalue weighted by Crippen LogP contribution is 2.16. The summed E-state index contributed by atoms with van der Waals surface area (Å²) in [5.41, 5.74) is 0. The molecular weight excluding hydrogens is 443 g/mol. The normalized spacial score (nSPS) is 16.6. The Morgan fingerprint density at radius 1 is 1.24 bits per heavy atom. The van der Waals surface area contributed by atoms with Crippen molar-refractivity contribution in [2.45, 2.75) is 50.6 Å². The standard InChI is InChI=1S/C19H32N4S.HI/c1-4-20-19(21-12-15-24-18-8-6-5-7-9-18)22-17-10-13-23(14-11-17)16(2)3;/h5-9,16-17H,4,10-15H2,1-3H3,(H2,20,21,22);1H. The molecule has 0 unspecified atom stereocenters. The zero-order chi connectivity index (χ0) is 17.2. The van der Waals surface area contributed by atoms with Crippen LogP contribution in [0.2, 0.25) is 0 Å². The molecule has 0 aromatic heterocycles. The van der Waals surface area contributed by atoms with Gasteiger partial charge in [0.25, 0.3) is 0 Å². The van der Waals surface area contributed by atoms with Gasteiger partial charge in [-0.25, -0.2) is 0 Å². The molecule has 1 aromatic rings. The highest BCUT2D eigenvalue weighted by atomic mass is 127. The molecule has 0 bridgehead atoms. The largest absolute Gasteiger partial charge is 0.357 e. The third-order valence-corrected chi connectivity index (χ3v) is 5.31. The second-order valence-corrected chi connectivity index (χ2v) is 7.64. The molecule has 0 atom stereocenters. The lowest BCUT2D eigenvalue weighted by Crippen LogP contribution is -2.49. The second kappa shape index (κ2) is 12.8. The van der Waals surface area contributed by atoms with Gasteiger partial charge in [0.1, 0.15) is 0 Å². The summed E-state index contributed by atoms with van der Waals surface area (Å²) in [6.45, 7) is 10.8. The minimum Gasteiger partial charge on any atom is -0.357 e. The Balaban J connectivity index is 0.00000312. The maximum Gasteiger partial charge on any atom is 0.191 e. The van der Waals surface area contributed by atoms with Crippen LogP contribution in [0.15, 0.2) is 40.2 Å². The summed E-state index contributed by atoms with van der Waals surface area (Å²) in [7, 11) is 0. The molecule has 0 amide bonds. The number of halogens is 1. The van der Waals surface area contributed by atoms with E-state index >= 15 is 0 Å². The molecule has 1 saturated heterocycles. The number of nitrogens with zero attached hydrogens (tertiary/aromatic N) is 2. The summed E-state index contributed by atoms with van der Waals surface area (Å²) < 4.78 is 0. The Hall–Kier alpha value is -0.470. The monoisotopic (exact) mass is 476 g/mol. The zero-order valence-electron chi connectivity index (χ0n) is 15.7. The lowest BCUT2D eigenvalue weighted by molar-refractivity contribution is 0.167. The summed E-state index contributed by atoms with van der Waals surface area (Å²) in [6.07, 6.45) is 2.39. The minimum absolute atomic E-state index is 0. The van der Waals surface area contributed by atoms with Crippen LogP contribution in [0.5, 0.6) is 0 Å². The van der Waals surface area contributed by atoms with Crippen LogP contribution < -0.4 is 10.6 Å². The fraction of sp³-hybridized carbons (Fsp3) is 0.632. The van der Waals surface area contributed by atoms with Crippen LogP contribution in [0.1, 0.15) is 33.6 Å². The molecule has 4 nitrogen and oxygen atoms in total. The topological polar surface area (TPSA) is 39.7 Å².